The van der Waals surface area contributed by atoms with Gasteiger partial charge in [-0.25, -0.2) is 4.98 Å². The van der Waals surface area contributed by atoms with Gasteiger partial charge in [-0.3, -0.25) is 4.40 Å². The lowest BCUT2D eigenvalue weighted by molar-refractivity contribution is -0.0327. The van der Waals surface area contributed by atoms with Crippen molar-refractivity contribution in [3.8, 4) is 0 Å². The van der Waals surface area contributed by atoms with Crippen molar-refractivity contribution >= 4 is 23.2 Å². The number of rotatable bonds is 4. The molecule has 0 bridgehead atoms. The average Bonchev–Trinajstić information content (AvgIpc) is 2.67. The molecule has 9 heteroatoms. The monoisotopic (exact) mass is 277 g/mol. The van der Waals surface area contributed by atoms with Crippen molar-refractivity contribution in [2.24, 2.45) is 0 Å². The number of halogens is 3. The molecule has 0 fully saturated rings. The van der Waals surface area contributed by atoms with Crippen LogP contribution in [0.2, 0.25) is 0 Å². The molecule has 0 unspecified atom stereocenters. The van der Waals surface area contributed by atoms with Crippen LogP contribution in [0.15, 0.2) is 12.4 Å². The molecular weight excluding hydrogens is 267 g/mol. The number of aryl methyl sites for hydroxylation is 1. The normalized spacial score (nSPS) is 12.0. The second-order valence-corrected chi connectivity index (χ2v) is 4.60. The highest BCUT2D eigenvalue weighted by Crippen LogP contribution is 2.29. The van der Waals surface area contributed by atoms with E-state index in [1.165, 1.54) is 0 Å². The van der Waals surface area contributed by atoms with Crippen molar-refractivity contribution in [1.82, 2.24) is 19.6 Å². The van der Waals surface area contributed by atoms with Crippen LogP contribution in [0.5, 0.6) is 0 Å². The van der Waals surface area contributed by atoms with E-state index in [9.17, 15) is 13.2 Å². The number of nitrogens with one attached hydrogen (secondary N) is 1. The lowest BCUT2D eigenvalue weighted by Gasteiger charge is -2.07. The Labute approximate surface area is 105 Å². The summed E-state index contributed by atoms with van der Waals surface area (Å²) in [5.74, 6) is 1.04. The Bertz CT molecular complexity index is 538. The zero-order valence-electron chi connectivity index (χ0n) is 9.40. The molecular formula is C9H10F3N5S. The third-order valence-corrected chi connectivity index (χ3v) is 2.89. The van der Waals surface area contributed by atoms with Crippen LogP contribution in [0.3, 0.4) is 0 Å². The lowest BCUT2D eigenvalue weighted by atomic mass is 10.5. The molecule has 0 radical (unpaired) electrons. The highest BCUT2D eigenvalue weighted by Gasteiger charge is 2.27. The molecule has 0 saturated heterocycles. The molecule has 98 valence electrons. The van der Waals surface area contributed by atoms with Gasteiger partial charge in [0.2, 0.25) is 5.65 Å². The smallest absolute Gasteiger partial charge is 0.366 e. The Morgan fingerprint density at radius 2 is 2.17 bits per heavy atom. The summed E-state index contributed by atoms with van der Waals surface area (Å²) in [5.41, 5.74) is -3.70. The highest BCUT2D eigenvalue weighted by molar-refractivity contribution is 8.00. The predicted molar refractivity (Wildman–Crippen MR) is 62.5 cm³/mol. The summed E-state index contributed by atoms with van der Waals surface area (Å²) in [4.78, 5) is 4.03. The van der Waals surface area contributed by atoms with Gasteiger partial charge in [-0.2, -0.15) is 13.2 Å². The Hall–Kier alpha value is -1.51. The van der Waals surface area contributed by atoms with Crippen LogP contribution in [0.4, 0.5) is 19.0 Å². The number of alkyl halides is 3. The first-order valence-electron chi connectivity index (χ1n) is 5.08. The summed E-state index contributed by atoms with van der Waals surface area (Å²) in [6, 6.07) is 0. The van der Waals surface area contributed by atoms with Gasteiger partial charge >= 0.3 is 5.51 Å². The molecule has 1 N–H and O–H groups in total. The number of hydrogen-bond donors (Lipinski definition) is 1. The van der Waals surface area contributed by atoms with Crippen molar-refractivity contribution in [3.63, 3.8) is 0 Å². The molecule has 2 heterocycles. The molecule has 0 aliphatic carbocycles. The van der Waals surface area contributed by atoms with E-state index < -0.39 is 5.51 Å². The number of aromatic nitrogens is 4. The van der Waals surface area contributed by atoms with Gasteiger partial charge in [-0.05, 0) is 18.7 Å². The van der Waals surface area contributed by atoms with E-state index in [0.717, 1.165) is 0 Å². The van der Waals surface area contributed by atoms with E-state index in [2.05, 4.69) is 20.5 Å². The van der Waals surface area contributed by atoms with Gasteiger partial charge in [0.25, 0.3) is 0 Å². The van der Waals surface area contributed by atoms with Crippen LogP contribution < -0.4 is 5.32 Å². The Balaban J connectivity index is 2.00. The topological polar surface area (TPSA) is 55.1 Å². The summed E-state index contributed by atoms with van der Waals surface area (Å²) < 4.78 is 37.5. The number of fused-ring (bicyclic) bond motifs is 1. The molecule has 2 aromatic rings. The van der Waals surface area contributed by atoms with E-state index in [0.29, 0.717) is 17.3 Å². The minimum atomic E-state index is -4.20. The second kappa shape index (κ2) is 5.01. The van der Waals surface area contributed by atoms with Crippen LogP contribution in [-0.4, -0.2) is 37.4 Å². The van der Waals surface area contributed by atoms with Gasteiger partial charge in [-0.1, -0.05) is 0 Å². The van der Waals surface area contributed by atoms with Gasteiger partial charge in [0.15, 0.2) is 5.82 Å². The molecule has 0 aromatic carbocycles. The average molecular weight is 277 g/mol. The van der Waals surface area contributed by atoms with Gasteiger partial charge in [0, 0.05) is 24.7 Å². The molecule has 0 saturated carbocycles. The molecule has 5 nitrogen and oxygen atoms in total. The second-order valence-electron chi connectivity index (χ2n) is 3.44. The minimum absolute atomic E-state index is 0.0697. The Morgan fingerprint density at radius 3 is 2.89 bits per heavy atom. The van der Waals surface area contributed by atoms with Crippen molar-refractivity contribution < 1.29 is 13.2 Å². The summed E-state index contributed by atoms with van der Waals surface area (Å²) >= 11 is -0.0697. The van der Waals surface area contributed by atoms with Crippen LogP contribution in [0, 0.1) is 6.92 Å². The fourth-order valence-corrected chi connectivity index (χ4v) is 1.84. The molecule has 18 heavy (non-hydrogen) atoms. The maximum atomic E-state index is 11.9. The van der Waals surface area contributed by atoms with Crippen LogP contribution >= 0.6 is 11.8 Å². The highest BCUT2D eigenvalue weighted by atomic mass is 32.2. The minimum Gasteiger partial charge on any atom is -0.366 e. The fraction of sp³-hybridized carbons (Fsp3) is 0.444. The SMILES string of the molecule is Cc1nnc2c(NCCSC(F)(F)F)nccn12. The first-order chi connectivity index (χ1) is 8.47. The summed E-state index contributed by atoms with van der Waals surface area (Å²) in [7, 11) is 0. The third-order valence-electron chi connectivity index (χ3n) is 2.16. The first-order valence-corrected chi connectivity index (χ1v) is 6.07. The van der Waals surface area contributed by atoms with Crippen LogP contribution in [0.25, 0.3) is 5.65 Å². The fourth-order valence-electron chi connectivity index (χ4n) is 1.40. The lowest BCUT2D eigenvalue weighted by Crippen LogP contribution is -2.11. The van der Waals surface area contributed by atoms with E-state index in [1.807, 2.05) is 0 Å². The summed E-state index contributed by atoms with van der Waals surface area (Å²) in [6.07, 6.45) is 3.24. The predicted octanol–water partition coefficient (Wildman–Crippen LogP) is 2.10. The van der Waals surface area contributed by atoms with E-state index >= 15 is 0 Å². The number of nitrogens with zero attached hydrogens (tertiary/aromatic N) is 4. The summed E-state index contributed by atoms with van der Waals surface area (Å²) in [6.45, 7) is 1.94. The maximum absolute atomic E-state index is 11.9. The number of hydrogen-bond acceptors (Lipinski definition) is 5. The molecule has 0 amide bonds. The zero-order chi connectivity index (χ0) is 13.2. The largest absolute Gasteiger partial charge is 0.441 e. The van der Waals surface area contributed by atoms with Gasteiger partial charge in [-0.15, -0.1) is 10.2 Å². The molecule has 0 atom stereocenters. The van der Waals surface area contributed by atoms with Gasteiger partial charge < -0.3 is 5.32 Å². The van der Waals surface area contributed by atoms with E-state index in [4.69, 9.17) is 0 Å². The quantitative estimate of drug-likeness (QED) is 0.867. The van der Waals surface area contributed by atoms with Crippen LogP contribution in [0.1, 0.15) is 5.82 Å². The van der Waals surface area contributed by atoms with Crippen LogP contribution in [-0.2, 0) is 0 Å². The van der Waals surface area contributed by atoms with E-state index in [-0.39, 0.29) is 24.1 Å². The molecule has 2 aromatic heterocycles. The van der Waals surface area contributed by atoms with Crippen molar-refractivity contribution in [2.45, 2.75) is 12.4 Å². The number of thioether (sulfide) groups is 1. The first kappa shape index (κ1) is 12.9. The maximum Gasteiger partial charge on any atom is 0.441 e. The van der Waals surface area contributed by atoms with Crippen molar-refractivity contribution in [3.05, 3.63) is 18.2 Å². The third kappa shape index (κ3) is 3.03. The van der Waals surface area contributed by atoms with Crippen molar-refractivity contribution in [1.29, 1.82) is 0 Å². The van der Waals surface area contributed by atoms with Gasteiger partial charge in [0.1, 0.15) is 5.82 Å². The van der Waals surface area contributed by atoms with Crippen molar-refractivity contribution in [2.75, 3.05) is 17.6 Å². The molecule has 0 spiro atoms. The standard InChI is InChI=1S/C9H10F3N5S/c1-6-15-16-8-7(13-2-4-17(6)8)14-3-5-18-9(10,11)12/h2,4H,3,5H2,1H3,(H,13,14). The Kier molecular flexibility index (Phi) is 3.60. The van der Waals surface area contributed by atoms with Gasteiger partial charge in [0.05, 0.1) is 0 Å². The van der Waals surface area contributed by atoms with E-state index in [1.54, 1.807) is 23.7 Å². The molecule has 2 rings (SSSR count). The summed E-state index contributed by atoms with van der Waals surface area (Å²) in [5, 5.41) is 10.6. The zero-order valence-corrected chi connectivity index (χ0v) is 10.2. The molecule has 0 aliphatic rings. The molecule has 0 aliphatic heterocycles. The Morgan fingerprint density at radius 1 is 1.39 bits per heavy atom. The number of anilines is 1.